The van der Waals surface area contributed by atoms with Crippen molar-refractivity contribution in [1.82, 2.24) is 34.1 Å². The summed E-state index contributed by atoms with van der Waals surface area (Å²) in [5.41, 5.74) is -0.238. The molecule has 0 aromatic carbocycles. The van der Waals surface area contributed by atoms with Crippen molar-refractivity contribution in [3.63, 3.8) is 0 Å². The van der Waals surface area contributed by atoms with Crippen LogP contribution in [0.25, 0.3) is 0 Å². The predicted molar refractivity (Wildman–Crippen MR) is 103 cm³/mol. The van der Waals surface area contributed by atoms with Gasteiger partial charge in [0, 0.05) is 38.3 Å². The van der Waals surface area contributed by atoms with Crippen molar-refractivity contribution >= 4 is 5.91 Å². The van der Waals surface area contributed by atoms with Crippen molar-refractivity contribution in [3.8, 4) is 0 Å². The van der Waals surface area contributed by atoms with Crippen LogP contribution in [-0.2, 0) is 13.1 Å². The summed E-state index contributed by atoms with van der Waals surface area (Å²) in [7, 11) is 3.91. The number of piperidine rings is 1. The van der Waals surface area contributed by atoms with Gasteiger partial charge in [-0.05, 0) is 33.9 Å². The molecule has 2 aromatic heterocycles. The summed E-state index contributed by atoms with van der Waals surface area (Å²) >= 11 is 0. The smallest absolute Gasteiger partial charge is 0.337 e. The maximum Gasteiger partial charge on any atom is 0.345 e. The van der Waals surface area contributed by atoms with E-state index in [0.717, 1.165) is 31.4 Å². The molecule has 0 saturated carbocycles. The lowest BCUT2D eigenvalue weighted by atomic mass is 9.97. The van der Waals surface area contributed by atoms with Crippen LogP contribution in [0.4, 0.5) is 0 Å². The minimum absolute atomic E-state index is 0.00582. The number of likely N-dealkylation sites (N-methyl/N-ethyl adjacent to an activating group) is 1. The minimum atomic E-state index is -0.344. The number of likely N-dealkylation sites (tertiary alicyclic amines) is 1. The van der Waals surface area contributed by atoms with Crippen LogP contribution in [0.15, 0.2) is 22.0 Å². The Balaban J connectivity index is 1.81. The number of H-pyrrole nitrogens is 1. The predicted octanol–water partition coefficient (Wildman–Crippen LogP) is -0.271. The van der Waals surface area contributed by atoms with E-state index in [4.69, 9.17) is 0 Å². The molecule has 1 fully saturated rings. The van der Waals surface area contributed by atoms with E-state index in [1.807, 2.05) is 25.9 Å². The van der Waals surface area contributed by atoms with Crippen molar-refractivity contribution in [3.05, 3.63) is 44.8 Å². The first kappa shape index (κ1) is 20.0. The van der Waals surface area contributed by atoms with Gasteiger partial charge >= 0.3 is 5.69 Å². The molecule has 0 spiro atoms. The average molecular weight is 389 g/mol. The molecule has 1 aliphatic heterocycles. The van der Waals surface area contributed by atoms with Crippen LogP contribution in [-0.4, -0.2) is 73.8 Å². The second kappa shape index (κ2) is 8.51. The number of hydrogen-bond acceptors (Lipinski definition) is 6. The number of hydrogen-bond donors (Lipinski definition) is 1. The lowest BCUT2D eigenvalue weighted by Gasteiger charge is -2.32. The Bertz CT molecular complexity index is 923. The van der Waals surface area contributed by atoms with Crippen LogP contribution >= 0.6 is 0 Å². The van der Waals surface area contributed by atoms with Gasteiger partial charge in [-0.2, -0.15) is 5.10 Å². The largest absolute Gasteiger partial charge is 0.345 e. The van der Waals surface area contributed by atoms with Gasteiger partial charge in [0.25, 0.3) is 11.5 Å². The molecule has 0 unspecified atom stereocenters. The van der Waals surface area contributed by atoms with Gasteiger partial charge in [0.1, 0.15) is 11.5 Å². The van der Waals surface area contributed by atoms with Gasteiger partial charge in [0.05, 0.1) is 12.7 Å². The van der Waals surface area contributed by atoms with Crippen LogP contribution in [0.5, 0.6) is 0 Å². The third kappa shape index (κ3) is 4.22. The van der Waals surface area contributed by atoms with Crippen molar-refractivity contribution in [2.45, 2.75) is 38.8 Å². The molecule has 1 aliphatic rings. The zero-order valence-corrected chi connectivity index (χ0v) is 16.6. The standard InChI is InChI=1S/C18H27N7O3/c1-4-24-16(21-25(18(24)28)9-8-22(2)3)13-6-5-7-23(12-13)17(27)14-10-20-15(26)11-19-14/h10-11,13H,4-9,12H2,1-3H3,(H,20,26)/t13-/m0/s1. The summed E-state index contributed by atoms with van der Waals surface area (Å²) in [5, 5.41) is 4.59. The van der Waals surface area contributed by atoms with E-state index in [9.17, 15) is 14.4 Å². The average Bonchev–Trinajstić information content (AvgIpc) is 3.02. The van der Waals surface area contributed by atoms with Gasteiger partial charge < -0.3 is 14.8 Å². The fraction of sp³-hybridized carbons (Fsp3) is 0.611. The van der Waals surface area contributed by atoms with E-state index in [-0.39, 0.29) is 28.8 Å². The van der Waals surface area contributed by atoms with Gasteiger partial charge in [-0.15, -0.1) is 0 Å². The molecule has 0 bridgehead atoms. The fourth-order valence-corrected chi connectivity index (χ4v) is 3.49. The van der Waals surface area contributed by atoms with Crippen molar-refractivity contribution in [2.24, 2.45) is 0 Å². The van der Waals surface area contributed by atoms with Crippen molar-refractivity contribution < 1.29 is 4.79 Å². The Morgan fingerprint density at radius 1 is 1.36 bits per heavy atom. The number of nitrogens with one attached hydrogen (secondary N) is 1. The monoisotopic (exact) mass is 389 g/mol. The highest BCUT2D eigenvalue weighted by Crippen LogP contribution is 2.25. The number of carbonyl (C=O) groups excluding carboxylic acids is 1. The zero-order valence-electron chi connectivity index (χ0n) is 16.6. The van der Waals surface area contributed by atoms with E-state index in [1.165, 1.54) is 10.9 Å². The van der Waals surface area contributed by atoms with E-state index >= 15 is 0 Å². The summed E-state index contributed by atoms with van der Waals surface area (Å²) in [6.45, 7) is 4.83. The number of carbonyl (C=O) groups is 1. The van der Waals surface area contributed by atoms with Crippen molar-refractivity contribution in [2.75, 3.05) is 33.7 Å². The quantitative estimate of drug-likeness (QED) is 0.728. The fourth-order valence-electron chi connectivity index (χ4n) is 3.49. The minimum Gasteiger partial charge on any atom is -0.337 e. The highest BCUT2D eigenvalue weighted by Gasteiger charge is 2.30. The Morgan fingerprint density at radius 2 is 2.14 bits per heavy atom. The van der Waals surface area contributed by atoms with E-state index < -0.39 is 0 Å². The maximum absolute atomic E-state index is 12.7. The number of aromatic nitrogens is 5. The second-order valence-electron chi connectivity index (χ2n) is 7.30. The van der Waals surface area contributed by atoms with Crippen LogP contribution in [0.1, 0.15) is 42.0 Å². The molecule has 1 amide bonds. The number of aromatic amines is 1. The van der Waals surface area contributed by atoms with Crippen LogP contribution in [0, 0.1) is 0 Å². The molecule has 3 heterocycles. The van der Waals surface area contributed by atoms with Crippen LogP contribution in [0.3, 0.4) is 0 Å². The highest BCUT2D eigenvalue weighted by molar-refractivity contribution is 5.92. The Morgan fingerprint density at radius 3 is 2.79 bits per heavy atom. The Kier molecular flexibility index (Phi) is 6.08. The molecule has 152 valence electrons. The lowest BCUT2D eigenvalue weighted by molar-refractivity contribution is 0.0696. The van der Waals surface area contributed by atoms with Gasteiger partial charge in [0.2, 0.25) is 0 Å². The third-order valence-corrected chi connectivity index (χ3v) is 4.99. The second-order valence-corrected chi connectivity index (χ2v) is 7.30. The molecule has 1 saturated heterocycles. The van der Waals surface area contributed by atoms with Gasteiger partial charge in [0.15, 0.2) is 0 Å². The molecular weight excluding hydrogens is 362 g/mol. The topological polar surface area (TPSA) is 109 Å². The summed E-state index contributed by atoms with van der Waals surface area (Å²) < 4.78 is 3.22. The third-order valence-electron chi connectivity index (χ3n) is 4.99. The van der Waals surface area contributed by atoms with Gasteiger partial charge in [-0.1, -0.05) is 0 Å². The first-order chi connectivity index (χ1) is 13.4. The molecule has 3 rings (SSSR count). The van der Waals surface area contributed by atoms with E-state index in [2.05, 4.69) is 15.1 Å². The summed E-state index contributed by atoms with van der Waals surface area (Å²) in [6.07, 6.45) is 4.14. The number of amides is 1. The highest BCUT2D eigenvalue weighted by atomic mass is 16.2. The molecule has 10 heteroatoms. The Labute approximate surface area is 162 Å². The first-order valence-electron chi connectivity index (χ1n) is 9.57. The maximum atomic E-state index is 12.7. The lowest BCUT2D eigenvalue weighted by Crippen LogP contribution is -2.40. The van der Waals surface area contributed by atoms with Crippen LogP contribution in [0.2, 0.25) is 0 Å². The summed E-state index contributed by atoms with van der Waals surface area (Å²) in [4.78, 5) is 46.7. The van der Waals surface area contributed by atoms with Crippen molar-refractivity contribution in [1.29, 1.82) is 0 Å². The number of rotatable bonds is 6. The molecule has 2 aromatic rings. The normalized spacial score (nSPS) is 17.3. The molecule has 1 N–H and O–H groups in total. The molecule has 10 nitrogen and oxygen atoms in total. The summed E-state index contributed by atoms with van der Waals surface area (Å²) in [5.74, 6) is 0.505. The van der Waals surface area contributed by atoms with Gasteiger partial charge in [-0.3, -0.25) is 14.2 Å². The van der Waals surface area contributed by atoms with E-state index in [0.29, 0.717) is 26.2 Å². The molecule has 28 heavy (non-hydrogen) atoms. The SMILES string of the molecule is CCn1c([C@H]2CCCN(C(=O)c3c[nH]c(=O)cn3)C2)nn(CCN(C)C)c1=O. The Hall–Kier alpha value is -2.75. The van der Waals surface area contributed by atoms with Gasteiger partial charge in [-0.25, -0.2) is 14.5 Å². The molecule has 0 aliphatic carbocycles. The molecule has 0 radical (unpaired) electrons. The first-order valence-corrected chi connectivity index (χ1v) is 9.57. The number of nitrogens with zero attached hydrogens (tertiary/aromatic N) is 6. The van der Waals surface area contributed by atoms with E-state index in [1.54, 1.807) is 9.47 Å². The van der Waals surface area contributed by atoms with Crippen LogP contribution < -0.4 is 11.2 Å². The molecular formula is C18H27N7O3. The molecule has 1 atom stereocenters. The zero-order chi connectivity index (χ0) is 20.3. The summed E-state index contributed by atoms with van der Waals surface area (Å²) in [6, 6.07) is 0.